The molecule has 0 aromatic carbocycles. The third-order valence-corrected chi connectivity index (χ3v) is 1.78. The van der Waals surface area contributed by atoms with Crippen molar-refractivity contribution in [3.05, 3.63) is 30.1 Å². The van der Waals surface area contributed by atoms with E-state index in [2.05, 4.69) is 4.98 Å². The zero-order valence-electron chi connectivity index (χ0n) is 7.40. The van der Waals surface area contributed by atoms with E-state index >= 15 is 0 Å². The Hall–Kier alpha value is -0.890. The van der Waals surface area contributed by atoms with Crippen LogP contribution in [0.3, 0.4) is 0 Å². The number of rotatable bonds is 4. The summed E-state index contributed by atoms with van der Waals surface area (Å²) in [5.74, 6) is 0. The van der Waals surface area contributed by atoms with Crippen LogP contribution in [0.25, 0.3) is 0 Å². The Bertz CT molecular complexity index is 208. The third kappa shape index (κ3) is 3.49. The summed E-state index contributed by atoms with van der Waals surface area (Å²) in [6, 6.07) is 5.92. The Morgan fingerprint density at radius 1 is 1.50 bits per heavy atom. The van der Waals surface area contributed by atoms with Gasteiger partial charge in [-0.05, 0) is 38.3 Å². The van der Waals surface area contributed by atoms with Crippen molar-refractivity contribution in [3.8, 4) is 0 Å². The maximum atomic E-state index is 9.01. The normalized spacial score (nSPS) is 12.8. The van der Waals surface area contributed by atoms with Gasteiger partial charge in [0.2, 0.25) is 0 Å². The molecule has 12 heavy (non-hydrogen) atoms. The SMILES string of the molecule is CC(O)CCCc1ccccn1. The van der Waals surface area contributed by atoms with Gasteiger partial charge in [0.25, 0.3) is 0 Å². The van der Waals surface area contributed by atoms with E-state index in [1.54, 1.807) is 6.20 Å². The maximum absolute atomic E-state index is 9.01. The average molecular weight is 165 g/mol. The molecule has 0 saturated carbocycles. The number of hydrogen-bond donors (Lipinski definition) is 1. The van der Waals surface area contributed by atoms with E-state index in [0.29, 0.717) is 0 Å². The van der Waals surface area contributed by atoms with Crippen molar-refractivity contribution in [1.29, 1.82) is 0 Å². The first-order chi connectivity index (χ1) is 5.79. The van der Waals surface area contributed by atoms with Gasteiger partial charge in [-0.15, -0.1) is 0 Å². The Morgan fingerprint density at radius 2 is 2.33 bits per heavy atom. The van der Waals surface area contributed by atoms with Crippen molar-refractivity contribution in [2.75, 3.05) is 0 Å². The molecule has 1 unspecified atom stereocenters. The van der Waals surface area contributed by atoms with E-state index < -0.39 is 0 Å². The number of aryl methyl sites for hydroxylation is 1. The van der Waals surface area contributed by atoms with Gasteiger partial charge in [0, 0.05) is 11.9 Å². The molecule has 1 N–H and O–H groups in total. The average Bonchev–Trinajstić information content (AvgIpc) is 2.05. The predicted octanol–water partition coefficient (Wildman–Crippen LogP) is 1.79. The van der Waals surface area contributed by atoms with E-state index in [4.69, 9.17) is 5.11 Å². The third-order valence-electron chi connectivity index (χ3n) is 1.78. The van der Waals surface area contributed by atoms with Crippen molar-refractivity contribution in [2.45, 2.75) is 32.3 Å². The van der Waals surface area contributed by atoms with E-state index in [1.807, 2.05) is 25.1 Å². The van der Waals surface area contributed by atoms with Gasteiger partial charge in [-0.2, -0.15) is 0 Å². The Morgan fingerprint density at radius 3 is 2.92 bits per heavy atom. The van der Waals surface area contributed by atoms with Gasteiger partial charge in [-0.25, -0.2) is 0 Å². The van der Waals surface area contributed by atoms with Crippen LogP contribution in [0.15, 0.2) is 24.4 Å². The van der Waals surface area contributed by atoms with Crippen molar-refractivity contribution in [3.63, 3.8) is 0 Å². The van der Waals surface area contributed by atoms with Crippen LogP contribution in [-0.2, 0) is 6.42 Å². The summed E-state index contributed by atoms with van der Waals surface area (Å²) in [6.45, 7) is 1.82. The Labute approximate surface area is 73.3 Å². The zero-order valence-corrected chi connectivity index (χ0v) is 7.40. The zero-order chi connectivity index (χ0) is 8.81. The number of aromatic nitrogens is 1. The second kappa shape index (κ2) is 4.88. The summed E-state index contributed by atoms with van der Waals surface area (Å²) in [7, 11) is 0. The molecule has 1 aromatic rings. The van der Waals surface area contributed by atoms with Crippen molar-refractivity contribution in [1.82, 2.24) is 4.98 Å². The smallest absolute Gasteiger partial charge is 0.0512 e. The fraction of sp³-hybridized carbons (Fsp3) is 0.500. The van der Waals surface area contributed by atoms with Gasteiger partial charge in [-0.1, -0.05) is 6.07 Å². The molecule has 1 atom stereocenters. The highest BCUT2D eigenvalue weighted by Crippen LogP contribution is 2.03. The highest BCUT2D eigenvalue weighted by atomic mass is 16.3. The summed E-state index contributed by atoms with van der Waals surface area (Å²) in [4.78, 5) is 4.19. The lowest BCUT2D eigenvalue weighted by Crippen LogP contribution is -2.00. The molecule has 2 heteroatoms. The topological polar surface area (TPSA) is 33.1 Å². The van der Waals surface area contributed by atoms with Gasteiger partial charge in [-0.3, -0.25) is 4.98 Å². The minimum Gasteiger partial charge on any atom is -0.393 e. The molecule has 1 aromatic heterocycles. The molecule has 0 aliphatic carbocycles. The first-order valence-corrected chi connectivity index (χ1v) is 4.37. The molecule has 0 aliphatic rings. The number of nitrogens with zero attached hydrogens (tertiary/aromatic N) is 1. The highest BCUT2D eigenvalue weighted by Gasteiger charge is 1.96. The van der Waals surface area contributed by atoms with Gasteiger partial charge in [0.1, 0.15) is 0 Å². The van der Waals surface area contributed by atoms with Gasteiger partial charge in [0.05, 0.1) is 6.10 Å². The molecular formula is C10H15NO. The first-order valence-electron chi connectivity index (χ1n) is 4.37. The van der Waals surface area contributed by atoms with Crippen molar-refractivity contribution in [2.24, 2.45) is 0 Å². The van der Waals surface area contributed by atoms with Crippen molar-refractivity contribution >= 4 is 0 Å². The second-order valence-corrected chi connectivity index (χ2v) is 3.06. The minimum absolute atomic E-state index is 0.186. The second-order valence-electron chi connectivity index (χ2n) is 3.06. The van der Waals surface area contributed by atoms with Crippen LogP contribution >= 0.6 is 0 Å². The summed E-state index contributed by atoms with van der Waals surface area (Å²) < 4.78 is 0. The van der Waals surface area contributed by atoms with Crippen LogP contribution < -0.4 is 0 Å². The minimum atomic E-state index is -0.186. The monoisotopic (exact) mass is 165 g/mol. The summed E-state index contributed by atoms with van der Waals surface area (Å²) in [6.07, 6.45) is 4.45. The predicted molar refractivity (Wildman–Crippen MR) is 48.9 cm³/mol. The fourth-order valence-electron chi connectivity index (χ4n) is 1.12. The van der Waals surface area contributed by atoms with Crippen molar-refractivity contribution < 1.29 is 5.11 Å². The number of pyridine rings is 1. The lowest BCUT2D eigenvalue weighted by Gasteiger charge is -2.02. The van der Waals surface area contributed by atoms with Crippen LogP contribution in [0.2, 0.25) is 0 Å². The lowest BCUT2D eigenvalue weighted by molar-refractivity contribution is 0.181. The van der Waals surface area contributed by atoms with Crippen LogP contribution in [0, 0.1) is 0 Å². The molecule has 0 spiro atoms. The highest BCUT2D eigenvalue weighted by molar-refractivity contribution is 5.03. The fourth-order valence-corrected chi connectivity index (χ4v) is 1.12. The van der Waals surface area contributed by atoms with Gasteiger partial charge >= 0.3 is 0 Å². The van der Waals surface area contributed by atoms with Crippen LogP contribution in [0.1, 0.15) is 25.5 Å². The molecule has 1 rings (SSSR count). The largest absolute Gasteiger partial charge is 0.393 e. The van der Waals surface area contributed by atoms with Crippen LogP contribution in [0.4, 0.5) is 0 Å². The summed E-state index contributed by atoms with van der Waals surface area (Å²) in [5.41, 5.74) is 1.11. The summed E-state index contributed by atoms with van der Waals surface area (Å²) in [5, 5.41) is 9.01. The molecule has 1 heterocycles. The van der Waals surface area contributed by atoms with E-state index in [1.165, 1.54) is 0 Å². The summed E-state index contributed by atoms with van der Waals surface area (Å²) >= 11 is 0. The number of hydrogen-bond acceptors (Lipinski definition) is 2. The van der Waals surface area contributed by atoms with Gasteiger partial charge in [0.15, 0.2) is 0 Å². The molecule has 2 nitrogen and oxygen atoms in total. The number of aliphatic hydroxyl groups is 1. The molecule has 0 saturated heterocycles. The molecule has 0 amide bonds. The molecule has 0 radical (unpaired) electrons. The van der Waals surface area contributed by atoms with Gasteiger partial charge < -0.3 is 5.11 Å². The first kappa shape index (κ1) is 9.20. The molecule has 0 fully saturated rings. The standard InChI is InChI=1S/C10H15NO/c1-9(12)5-4-7-10-6-2-3-8-11-10/h2-3,6,8-9,12H,4-5,7H2,1H3. The quantitative estimate of drug-likeness (QED) is 0.737. The lowest BCUT2D eigenvalue weighted by atomic mass is 10.1. The maximum Gasteiger partial charge on any atom is 0.0512 e. The molecule has 0 aliphatic heterocycles. The molecule has 66 valence electrons. The number of aliphatic hydroxyl groups excluding tert-OH is 1. The Balaban J connectivity index is 2.25. The molecular weight excluding hydrogens is 150 g/mol. The van der Waals surface area contributed by atoms with E-state index in [9.17, 15) is 0 Å². The van der Waals surface area contributed by atoms with E-state index in [0.717, 1.165) is 25.0 Å². The van der Waals surface area contributed by atoms with E-state index in [-0.39, 0.29) is 6.10 Å². The molecule has 0 bridgehead atoms. The van der Waals surface area contributed by atoms with Crippen LogP contribution in [0.5, 0.6) is 0 Å². The van der Waals surface area contributed by atoms with Crippen LogP contribution in [-0.4, -0.2) is 16.2 Å². The Kier molecular flexibility index (Phi) is 3.74.